The number of likely N-dealkylation sites (N-methyl/N-ethyl adjacent to an activating group) is 1. The van der Waals surface area contributed by atoms with Crippen molar-refractivity contribution in [1.29, 1.82) is 0 Å². The molecule has 0 saturated carbocycles. The minimum Gasteiger partial charge on any atom is -0.460 e. The molecule has 1 aromatic carbocycles. The second kappa shape index (κ2) is 6.79. The van der Waals surface area contributed by atoms with Gasteiger partial charge in [0.2, 0.25) is 0 Å². The maximum absolute atomic E-state index is 12.2. The molecule has 1 amide bonds. The number of anilines is 1. The van der Waals surface area contributed by atoms with Crippen molar-refractivity contribution < 1.29 is 14.1 Å². The number of amides is 1. The number of furan rings is 1. The quantitative estimate of drug-likeness (QED) is 0.889. The van der Waals surface area contributed by atoms with E-state index in [2.05, 4.69) is 24.4 Å². The molecule has 4 nitrogen and oxygen atoms in total. The number of hydrogen-bond acceptors (Lipinski definition) is 2. The second-order valence-electron chi connectivity index (χ2n) is 6.14. The average molecular weight is 301 g/mol. The molecule has 1 heterocycles. The van der Waals surface area contributed by atoms with E-state index in [9.17, 15) is 4.79 Å². The van der Waals surface area contributed by atoms with Crippen LogP contribution in [0.2, 0.25) is 0 Å². The summed E-state index contributed by atoms with van der Waals surface area (Å²) in [5.41, 5.74) is 4.34. The summed E-state index contributed by atoms with van der Waals surface area (Å²) in [7, 11) is 1.99. The Kier molecular flexibility index (Phi) is 5.03. The summed E-state index contributed by atoms with van der Waals surface area (Å²) in [5.74, 6) is 1.83. The van der Waals surface area contributed by atoms with Crippen LogP contribution in [0.1, 0.15) is 28.2 Å². The van der Waals surface area contributed by atoms with E-state index in [-0.39, 0.29) is 5.91 Å². The van der Waals surface area contributed by atoms with E-state index in [4.69, 9.17) is 4.42 Å². The summed E-state index contributed by atoms with van der Waals surface area (Å²) >= 11 is 0. The SMILES string of the molecule is Cc1cc(C)c(NC(=O)C[NH+](C)Cc2ccc(C)o2)c(C)c1. The van der Waals surface area contributed by atoms with Gasteiger partial charge in [-0.1, -0.05) is 17.7 Å². The predicted molar refractivity (Wildman–Crippen MR) is 88.2 cm³/mol. The molecule has 0 radical (unpaired) electrons. The predicted octanol–water partition coefficient (Wildman–Crippen LogP) is 2.17. The fourth-order valence-electron chi connectivity index (χ4n) is 2.77. The van der Waals surface area contributed by atoms with Crippen molar-refractivity contribution in [2.75, 3.05) is 18.9 Å². The zero-order valence-electron chi connectivity index (χ0n) is 14.0. The van der Waals surface area contributed by atoms with E-state index in [1.807, 2.05) is 40.0 Å². The van der Waals surface area contributed by atoms with Gasteiger partial charge in [-0.3, -0.25) is 4.79 Å². The highest BCUT2D eigenvalue weighted by atomic mass is 16.3. The zero-order valence-corrected chi connectivity index (χ0v) is 14.0. The molecule has 0 bridgehead atoms. The summed E-state index contributed by atoms with van der Waals surface area (Å²) in [5, 5.41) is 3.04. The van der Waals surface area contributed by atoms with Crippen molar-refractivity contribution in [3.8, 4) is 0 Å². The van der Waals surface area contributed by atoms with Gasteiger partial charge in [-0.15, -0.1) is 0 Å². The van der Waals surface area contributed by atoms with Crippen LogP contribution in [0.5, 0.6) is 0 Å². The number of aryl methyl sites for hydroxylation is 4. The summed E-state index contributed by atoms with van der Waals surface area (Å²) in [4.78, 5) is 13.3. The molecule has 118 valence electrons. The molecule has 2 aromatic rings. The number of nitrogens with one attached hydrogen (secondary N) is 2. The third kappa shape index (κ3) is 4.21. The van der Waals surface area contributed by atoms with Crippen molar-refractivity contribution in [1.82, 2.24) is 0 Å². The molecule has 0 fully saturated rings. The number of carbonyl (C=O) groups excluding carboxylic acids is 1. The molecule has 0 aliphatic rings. The summed E-state index contributed by atoms with van der Waals surface area (Å²) in [6, 6.07) is 8.09. The van der Waals surface area contributed by atoms with Crippen molar-refractivity contribution in [3.05, 3.63) is 52.5 Å². The van der Waals surface area contributed by atoms with Crippen molar-refractivity contribution in [3.63, 3.8) is 0 Å². The van der Waals surface area contributed by atoms with E-state index in [0.717, 1.165) is 33.2 Å². The first kappa shape index (κ1) is 16.3. The number of benzene rings is 1. The van der Waals surface area contributed by atoms with Gasteiger partial charge in [-0.2, -0.15) is 0 Å². The van der Waals surface area contributed by atoms with Gasteiger partial charge >= 0.3 is 0 Å². The Labute approximate surface area is 132 Å². The summed E-state index contributed by atoms with van der Waals surface area (Å²) < 4.78 is 5.55. The Morgan fingerprint density at radius 1 is 1.14 bits per heavy atom. The molecule has 2 N–H and O–H groups in total. The maximum Gasteiger partial charge on any atom is 0.279 e. The highest BCUT2D eigenvalue weighted by Crippen LogP contribution is 2.21. The van der Waals surface area contributed by atoms with Gasteiger partial charge in [0.1, 0.15) is 12.3 Å². The van der Waals surface area contributed by atoms with Crippen molar-refractivity contribution in [2.45, 2.75) is 34.2 Å². The van der Waals surface area contributed by atoms with Gasteiger partial charge in [0.15, 0.2) is 12.3 Å². The molecule has 2 rings (SSSR count). The first-order chi connectivity index (χ1) is 10.3. The summed E-state index contributed by atoms with van der Waals surface area (Å²) in [6.07, 6.45) is 0. The van der Waals surface area contributed by atoms with E-state index in [1.165, 1.54) is 5.56 Å². The lowest BCUT2D eigenvalue weighted by Crippen LogP contribution is -3.08. The van der Waals surface area contributed by atoms with Gasteiger partial charge in [0.05, 0.1) is 7.05 Å². The molecule has 1 atom stereocenters. The molecule has 4 heteroatoms. The molecular formula is C18H25N2O2+. The molecule has 22 heavy (non-hydrogen) atoms. The van der Waals surface area contributed by atoms with Crippen LogP contribution < -0.4 is 10.2 Å². The van der Waals surface area contributed by atoms with Crippen molar-refractivity contribution >= 4 is 11.6 Å². The van der Waals surface area contributed by atoms with Gasteiger partial charge in [0.25, 0.3) is 5.91 Å². The average Bonchev–Trinajstić information content (AvgIpc) is 2.79. The third-order valence-electron chi connectivity index (χ3n) is 3.68. The van der Waals surface area contributed by atoms with Crippen LogP contribution in [0.3, 0.4) is 0 Å². The number of quaternary nitrogens is 1. The van der Waals surface area contributed by atoms with Crippen LogP contribution in [0.15, 0.2) is 28.7 Å². The summed E-state index contributed by atoms with van der Waals surface area (Å²) in [6.45, 7) is 9.15. The Hall–Kier alpha value is -2.07. The first-order valence-corrected chi connectivity index (χ1v) is 7.59. The van der Waals surface area contributed by atoms with E-state index >= 15 is 0 Å². The molecule has 1 aromatic heterocycles. The lowest BCUT2D eigenvalue weighted by molar-refractivity contribution is -0.886. The standard InChI is InChI=1S/C18H24N2O2/c1-12-8-13(2)18(14(3)9-12)19-17(21)11-20(5)10-16-7-6-15(4)22-16/h6-9H,10-11H2,1-5H3,(H,19,21)/p+1. The Morgan fingerprint density at radius 2 is 1.77 bits per heavy atom. The van der Waals surface area contributed by atoms with Crippen LogP contribution in [0.25, 0.3) is 0 Å². The lowest BCUT2D eigenvalue weighted by atomic mass is 10.1. The number of hydrogen-bond donors (Lipinski definition) is 2. The van der Waals surface area contributed by atoms with Gasteiger partial charge in [-0.25, -0.2) is 0 Å². The second-order valence-corrected chi connectivity index (χ2v) is 6.14. The van der Waals surface area contributed by atoms with Crippen LogP contribution in [0, 0.1) is 27.7 Å². The third-order valence-corrected chi connectivity index (χ3v) is 3.68. The monoisotopic (exact) mass is 301 g/mol. The minimum absolute atomic E-state index is 0.0239. The van der Waals surface area contributed by atoms with Gasteiger partial charge < -0.3 is 14.6 Å². The minimum atomic E-state index is 0.0239. The van der Waals surface area contributed by atoms with Crippen LogP contribution in [-0.2, 0) is 11.3 Å². The van der Waals surface area contributed by atoms with Gasteiger partial charge in [-0.05, 0) is 51.0 Å². The largest absolute Gasteiger partial charge is 0.460 e. The molecule has 0 aliphatic carbocycles. The Balaban J connectivity index is 1.95. The first-order valence-electron chi connectivity index (χ1n) is 7.59. The molecular weight excluding hydrogens is 276 g/mol. The van der Waals surface area contributed by atoms with Crippen LogP contribution in [0.4, 0.5) is 5.69 Å². The number of rotatable bonds is 5. The highest BCUT2D eigenvalue weighted by Gasteiger charge is 2.14. The Morgan fingerprint density at radius 3 is 2.32 bits per heavy atom. The number of carbonyl (C=O) groups is 1. The zero-order chi connectivity index (χ0) is 16.3. The van der Waals surface area contributed by atoms with E-state index in [1.54, 1.807) is 0 Å². The molecule has 0 aliphatic heterocycles. The highest BCUT2D eigenvalue weighted by molar-refractivity contribution is 5.93. The Bertz CT molecular complexity index is 650. The molecule has 1 unspecified atom stereocenters. The van der Waals surface area contributed by atoms with Crippen molar-refractivity contribution in [2.24, 2.45) is 0 Å². The maximum atomic E-state index is 12.2. The lowest BCUT2D eigenvalue weighted by Gasteiger charge is -2.15. The topological polar surface area (TPSA) is 46.7 Å². The normalized spacial score (nSPS) is 12.2. The fraction of sp³-hybridized carbons (Fsp3) is 0.389. The van der Waals surface area contributed by atoms with Crippen LogP contribution >= 0.6 is 0 Å². The molecule has 0 spiro atoms. The van der Waals surface area contributed by atoms with E-state index < -0.39 is 0 Å². The van der Waals surface area contributed by atoms with Gasteiger partial charge in [0, 0.05) is 5.69 Å². The van der Waals surface area contributed by atoms with Crippen LogP contribution in [-0.4, -0.2) is 19.5 Å². The van der Waals surface area contributed by atoms with E-state index in [0.29, 0.717) is 13.1 Å². The smallest absolute Gasteiger partial charge is 0.279 e. The fourth-order valence-corrected chi connectivity index (χ4v) is 2.77. The molecule has 0 saturated heterocycles.